The molecule has 1 rings (SSSR count). The Hall–Kier alpha value is -1.40. The average Bonchev–Trinajstić information content (AvgIpc) is 2.39. The lowest BCUT2D eigenvalue weighted by molar-refractivity contribution is 0.0792. The van der Waals surface area contributed by atoms with Crippen molar-refractivity contribution in [2.45, 2.75) is 44.9 Å². The van der Waals surface area contributed by atoms with Crippen molar-refractivity contribution in [3.05, 3.63) is 28.8 Å². The second kappa shape index (κ2) is 7.04. The molecule has 0 fully saturated rings. The topological polar surface area (TPSA) is 80.5 Å². The molecule has 0 heterocycles. The standard InChI is InChI=1S/C15H24N2O3S/c1-5-6-7-8-17(4)15(18)13-9-11(2)12(3)14(10-13)21(16,19)20/h9-10H,5-8H2,1-4H3,(H2,16,19,20). The number of amides is 1. The van der Waals surface area contributed by atoms with Crippen molar-refractivity contribution < 1.29 is 13.2 Å². The zero-order chi connectivity index (χ0) is 16.2. The average molecular weight is 312 g/mol. The van der Waals surface area contributed by atoms with Gasteiger partial charge in [-0.05, 0) is 43.5 Å². The zero-order valence-electron chi connectivity index (χ0n) is 13.1. The third-order valence-electron chi connectivity index (χ3n) is 3.62. The van der Waals surface area contributed by atoms with E-state index in [-0.39, 0.29) is 10.8 Å². The monoisotopic (exact) mass is 312 g/mol. The van der Waals surface area contributed by atoms with Crippen LogP contribution in [0.15, 0.2) is 17.0 Å². The Bertz CT molecular complexity index is 624. The highest BCUT2D eigenvalue weighted by atomic mass is 32.2. The first-order valence-electron chi connectivity index (χ1n) is 7.08. The van der Waals surface area contributed by atoms with Gasteiger partial charge in [-0.15, -0.1) is 0 Å². The third kappa shape index (κ3) is 4.54. The number of carbonyl (C=O) groups is 1. The Morgan fingerprint density at radius 3 is 2.38 bits per heavy atom. The van der Waals surface area contributed by atoms with Crippen LogP contribution in [0.25, 0.3) is 0 Å². The quantitative estimate of drug-likeness (QED) is 0.818. The molecule has 0 bridgehead atoms. The number of hydrogen-bond acceptors (Lipinski definition) is 3. The normalized spacial score (nSPS) is 11.5. The van der Waals surface area contributed by atoms with Crippen molar-refractivity contribution in [2.75, 3.05) is 13.6 Å². The van der Waals surface area contributed by atoms with E-state index in [1.165, 1.54) is 6.07 Å². The molecular weight excluding hydrogens is 288 g/mol. The number of benzene rings is 1. The van der Waals surface area contributed by atoms with Crippen LogP contribution in [0.5, 0.6) is 0 Å². The molecule has 21 heavy (non-hydrogen) atoms. The van der Waals surface area contributed by atoms with Crippen LogP contribution in [0.4, 0.5) is 0 Å². The molecule has 0 aliphatic rings. The maximum absolute atomic E-state index is 12.4. The SMILES string of the molecule is CCCCCN(C)C(=O)c1cc(C)c(C)c(S(N)(=O)=O)c1. The predicted octanol–water partition coefficient (Wildman–Crippen LogP) is 2.21. The highest BCUT2D eigenvalue weighted by Crippen LogP contribution is 2.21. The van der Waals surface area contributed by atoms with E-state index in [9.17, 15) is 13.2 Å². The Morgan fingerprint density at radius 2 is 1.86 bits per heavy atom. The van der Waals surface area contributed by atoms with Gasteiger partial charge >= 0.3 is 0 Å². The van der Waals surface area contributed by atoms with Crippen LogP contribution in [-0.4, -0.2) is 32.8 Å². The molecule has 118 valence electrons. The number of unbranched alkanes of at least 4 members (excludes halogenated alkanes) is 2. The Labute approximate surface area is 127 Å². The Morgan fingerprint density at radius 1 is 1.24 bits per heavy atom. The van der Waals surface area contributed by atoms with Crippen molar-refractivity contribution in [1.29, 1.82) is 0 Å². The van der Waals surface area contributed by atoms with Gasteiger partial charge in [-0.3, -0.25) is 4.79 Å². The molecule has 6 heteroatoms. The van der Waals surface area contributed by atoms with Crippen LogP contribution in [0.1, 0.15) is 47.7 Å². The van der Waals surface area contributed by atoms with Crippen LogP contribution in [0, 0.1) is 13.8 Å². The first-order chi connectivity index (χ1) is 9.68. The first kappa shape index (κ1) is 17.7. The van der Waals surface area contributed by atoms with Crippen molar-refractivity contribution in [2.24, 2.45) is 5.14 Å². The van der Waals surface area contributed by atoms with Gasteiger partial charge in [0.25, 0.3) is 5.91 Å². The van der Waals surface area contributed by atoms with E-state index in [1.807, 2.05) is 0 Å². The lowest BCUT2D eigenvalue weighted by atomic mass is 10.1. The summed E-state index contributed by atoms with van der Waals surface area (Å²) in [5.74, 6) is -0.181. The fourth-order valence-corrected chi connectivity index (χ4v) is 3.05. The summed E-state index contributed by atoms with van der Waals surface area (Å²) in [6.45, 7) is 6.22. The molecule has 1 aromatic carbocycles. The summed E-state index contributed by atoms with van der Waals surface area (Å²) in [7, 11) is -2.10. The highest BCUT2D eigenvalue weighted by molar-refractivity contribution is 7.89. The van der Waals surface area contributed by atoms with Crippen LogP contribution < -0.4 is 5.14 Å². The van der Waals surface area contributed by atoms with E-state index < -0.39 is 10.0 Å². The molecule has 0 aliphatic carbocycles. The van der Waals surface area contributed by atoms with E-state index in [1.54, 1.807) is 31.9 Å². The Balaban J connectivity index is 3.09. The molecule has 0 radical (unpaired) electrons. The predicted molar refractivity (Wildman–Crippen MR) is 83.8 cm³/mol. The van der Waals surface area contributed by atoms with Crippen LogP contribution in [0.2, 0.25) is 0 Å². The number of carbonyl (C=O) groups excluding carboxylic acids is 1. The minimum Gasteiger partial charge on any atom is -0.342 e. The molecule has 0 saturated heterocycles. The van der Waals surface area contributed by atoms with Gasteiger partial charge in [0, 0.05) is 19.2 Å². The van der Waals surface area contributed by atoms with Gasteiger partial charge < -0.3 is 4.90 Å². The number of sulfonamides is 1. The minimum absolute atomic E-state index is 0.0211. The largest absolute Gasteiger partial charge is 0.342 e. The summed E-state index contributed by atoms with van der Waals surface area (Å²) in [6.07, 6.45) is 3.08. The molecule has 2 N–H and O–H groups in total. The van der Waals surface area contributed by atoms with Crippen molar-refractivity contribution >= 4 is 15.9 Å². The summed E-state index contributed by atoms with van der Waals surface area (Å²) in [5, 5.41) is 5.22. The minimum atomic E-state index is -3.83. The van der Waals surface area contributed by atoms with Gasteiger partial charge in [0.1, 0.15) is 0 Å². The van der Waals surface area contributed by atoms with E-state index in [2.05, 4.69) is 6.92 Å². The number of hydrogen-bond donors (Lipinski definition) is 1. The van der Waals surface area contributed by atoms with Gasteiger partial charge in [-0.2, -0.15) is 0 Å². The molecule has 0 spiro atoms. The molecule has 0 unspecified atom stereocenters. The van der Waals surface area contributed by atoms with Gasteiger partial charge in [0.2, 0.25) is 10.0 Å². The number of aryl methyl sites for hydroxylation is 1. The van der Waals surface area contributed by atoms with Crippen molar-refractivity contribution in [1.82, 2.24) is 4.90 Å². The number of rotatable bonds is 6. The summed E-state index contributed by atoms with van der Waals surface area (Å²) in [4.78, 5) is 14.0. The first-order valence-corrected chi connectivity index (χ1v) is 8.62. The summed E-state index contributed by atoms with van der Waals surface area (Å²) in [5.41, 5.74) is 1.69. The van der Waals surface area contributed by atoms with Gasteiger partial charge in [-0.1, -0.05) is 19.8 Å². The molecule has 0 aromatic heterocycles. The molecule has 0 saturated carbocycles. The molecule has 5 nitrogen and oxygen atoms in total. The van der Waals surface area contributed by atoms with E-state index >= 15 is 0 Å². The van der Waals surface area contributed by atoms with Crippen LogP contribution >= 0.6 is 0 Å². The number of nitrogens with zero attached hydrogens (tertiary/aromatic N) is 1. The molecule has 1 aromatic rings. The number of nitrogens with two attached hydrogens (primary N) is 1. The van der Waals surface area contributed by atoms with Gasteiger partial charge in [0.05, 0.1) is 4.90 Å². The fraction of sp³-hybridized carbons (Fsp3) is 0.533. The number of primary sulfonamides is 1. The Kier molecular flexibility index (Phi) is 5.92. The van der Waals surface area contributed by atoms with E-state index in [0.29, 0.717) is 17.7 Å². The second-order valence-corrected chi connectivity index (χ2v) is 6.92. The second-order valence-electron chi connectivity index (χ2n) is 5.40. The van der Waals surface area contributed by atoms with Gasteiger partial charge in [0.15, 0.2) is 0 Å². The summed E-state index contributed by atoms with van der Waals surface area (Å²) in [6, 6.07) is 3.08. The molecule has 0 aliphatic heterocycles. The van der Waals surface area contributed by atoms with Crippen LogP contribution in [0.3, 0.4) is 0 Å². The zero-order valence-corrected chi connectivity index (χ0v) is 14.0. The maximum atomic E-state index is 12.4. The molecule has 1 amide bonds. The molecular formula is C15H24N2O3S. The summed E-state index contributed by atoms with van der Waals surface area (Å²) >= 11 is 0. The summed E-state index contributed by atoms with van der Waals surface area (Å²) < 4.78 is 23.2. The maximum Gasteiger partial charge on any atom is 0.253 e. The molecule has 0 atom stereocenters. The third-order valence-corrected chi connectivity index (χ3v) is 4.65. The van der Waals surface area contributed by atoms with E-state index in [0.717, 1.165) is 24.8 Å². The highest BCUT2D eigenvalue weighted by Gasteiger charge is 2.19. The van der Waals surface area contributed by atoms with Gasteiger partial charge in [-0.25, -0.2) is 13.6 Å². The van der Waals surface area contributed by atoms with Crippen LogP contribution in [-0.2, 0) is 10.0 Å². The van der Waals surface area contributed by atoms with Crippen molar-refractivity contribution in [3.8, 4) is 0 Å². The fourth-order valence-electron chi connectivity index (χ4n) is 2.17. The lowest BCUT2D eigenvalue weighted by Gasteiger charge is -2.18. The smallest absolute Gasteiger partial charge is 0.253 e. The lowest BCUT2D eigenvalue weighted by Crippen LogP contribution is -2.28. The van der Waals surface area contributed by atoms with Crippen molar-refractivity contribution in [3.63, 3.8) is 0 Å². The van der Waals surface area contributed by atoms with E-state index in [4.69, 9.17) is 5.14 Å².